The molecule has 1 atom stereocenters. The molecule has 0 saturated carbocycles. The van der Waals surface area contributed by atoms with Gasteiger partial charge in [-0.15, -0.1) is 0 Å². The molecule has 1 N–H and O–H groups in total. The predicted molar refractivity (Wildman–Crippen MR) is 110 cm³/mol. The molecule has 0 unspecified atom stereocenters. The molecule has 2 aromatic rings. The third-order valence-electron chi connectivity index (χ3n) is 4.01. The smallest absolute Gasteiger partial charge is 0.357 e. The van der Waals surface area contributed by atoms with Crippen molar-refractivity contribution in [2.24, 2.45) is 0 Å². The van der Waals surface area contributed by atoms with Crippen molar-refractivity contribution in [2.45, 2.75) is 19.6 Å². The van der Waals surface area contributed by atoms with E-state index in [0.717, 1.165) is 5.69 Å². The molecule has 0 fully saturated rings. The van der Waals surface area contributed by atoms with Crippen LogP contribution in [0.15, 0.2) is 42.5 Å². The maximum atomic E-state index is 13.7. The second-order valence-corrected chi connectivity index (χ2v) is 7.86. The van der Waals surface area contributed by atoms with Gasteiger partial charge in [0.2, 0.25) is 5.75 Å². The van der Waals surface area contributed by atoms with E-state index < -0.39 is 13.4 Å². The summed E-state index contributed by atoms with van der Waals surface area (Å²) in [6.07, 6.45) is 0. The summed E-state index contributed by atoms with van der Waals surface area (Å²) in [7, 11) is 1.03. The molecule has 0 bridgehead atoms. The van der Waals surface area contributed by atoms with Crippen molar-refractivity contribution < 1.29 is 27.8 Å². The molecular weight excluding hydrogens is 381 g/mol. The van der Waals surface area contributed by atoms with Gasteiger partial charge < -0.3 is 28.6 Å². The van der Waals surface area contributed by atoms with Gasteiger partial charge >= 0.3 is 7.60 Å². The molecule has 0 aliphatic heterocycles. The maximum absolute atomic E-state index is 13.7. The minimum absolute atomic E-state index is 0.245. The largest absolute Gasteiger partial charge is 0.493 e. The molecule has 0 amide bonds. The van der Waals surface area contributed by atoms with E-state index in [9.17, 15) is 4.57 Å². The zero-order valence-corrected chi connectivity index (χ0v) is 17.8. The Morgan fingerprint density at radius 1 is 0.893 bits per heavy atom. The Bertz CT molecular complexity index is 764. The maximum Gasteiger partial charge on any atom is 0.357 e. The van der Waals surface area contributed by atoms with Crippen molar-refractivity contribution in [3.8, 4) is 17.2 Å². The number of rotatable bonds is 11. The summed E-state index contributed by atoms with van der Waals surface area (Å²) < 4.78 is 41.2. The summed E-state index contributed by atoms with van der Waals surface area (Å²) in [4.78, 5) is 0. The molecule has 0 heterocycles. The van der Waals surface area contributed by atoms with Gasteiger partial charge in [0.25, 0.3) is 0 Å². The number of benzene rings is 2. The number of hydrogen-bond acceptors (Lipinski definition) is 7. The number of nitrogens with one attached hydrogen (secondary N) is 1. The lowest BCUT2D eigenvalue weighted by molar-refractivity contribution is 0.214. The van der Waals surface area contributed by atoms with Gasteiger partial charge in [0, 0.05) is 5.69 Å². The Balaban J connectivity index is 2.62. The lowest BCUT2D eigenvalue weighted by Gasteiger charge is -2.29. The van der Waals surface area contributed by atoms with Gasteiger partial charge in [0.05, 0.1) is 34.5 Å². The Hall–Kier alpha value is -2.21. The molecular formula is C20H28NO6P. The van der Waals surface area contributed by atoms with Crippen LogP contribution in [0.4, 0.5) is 5.69 Å². The van der Waals surface area contributed by atoms with Crippen molar-refractivity contribution in [2.75, 3.05) is 39.9 Å². The molecule has 0 aromatic heterocycles. The van der Waals surface area contributed by atoms with E-state index in [0.29, 0.717) is 22.8 Å². The third-order valence-corrected chi connectivity index (χ3v) is 6.31. The predicted octanol–water partition coefficient (Wildman–Crippen LogP) is 5.09. The monoisotopic (exact) mass is 409 g/mol. The standard InChI is InChI=1S/C20H28NO6P/c1-6-26-28(22,27-7-2)20(21-16-11-9-8-10-12-16)15-13-17(23-3)19(25-5)18(14-15)24-4/h8-14,20-21H,6-7H2,1-5H3/t20-/m0/s1. The van der Waals surface area contributed by atoms with Gasteiger partial charge in [-0.2, -0.15) is 0 Å². The summed E-state index contributed by atoms with van der Waals surface area (Å²) >= 11 is 0. The summed E-state index contributed by atoms with van der Waals surface area (Å²) in [5, 5.41) is 3.28. The second-order valence-electron chi connectivity index (χ2n) is 5.75. The van der Waals surface area contributed by atoms with Crippen LogP contribution in [0.3, 0.4) is 0 Å². The first-order valence-corrected chi connectivity index (χ1v) is 10.6. The number of methoxy groups -OCH3 is 3. The molecule has 0 radical (unpaired) electrons. The number of para-hydroxylation sites is 1. The first kappa shape index (κ1) is 22.1. The van der Waals surface area contributed by atoms with Crippen LogP contribution in [0.25, 0.3) is 0 Å². The minimum atomic E-state index is -3.56. The molecule has 7 nitrogen and oxygen atoms in total. The molecule has 0 spiro atoms. The van der Waals surface area contributed by atoms with Crippen LogP contribution in [0.2, 0.25) is 0 Å². The summed E-state index contributed by atoms with van der Waals surface area (Å²) in [5.41, 5.74) is 1.41. The Morgan fingerprint density at radius 2 is 1.43 bits per heavy atom. The van der Waals surface area contributed by atoms with Crippen LogP contribution in [0.1, 0.15) is 25.2 Å². The van der Waals surface area contributed by atoms with Crippen LogP contribution >= 0.6 is 7.60 Å². The molecule has 0 aliphatic carbocycles. The first-order valence-electron chi connectivity index (χ1n) is 9.03. The van der Waals surface area contributed by atoms with Crippen LogP contribution < -0.4 is 19.5 Å². The number of hydrogen-bond donors (Lipinski definition) is 1. The topological polar surface area (TPSA) is 75.3 Å². The van der Waals surface area contributed by atoms with E-state index in [1.807, 2.05) is 30.3 Å². The van der Waals surface area contributed by atoms with Crippen molar-refractivity contribution >= 4 is 13.3 Å². The normalized spacial score (nSPS) is 12.3. The van der Waals surface area contributed by atoms with Crippen LogP contribution in [0.5, 0.6) is 17.2 Å². The highest BCUT2D eigenvalue weighted by molar-refractivity contribution is 7.54. The van der Waals surface area contributed by atoms with Crippen molar-refractivity contribution in [3.63, 3.8) is 0 Å². The van der Waals surface area contributed by atoms with Crippen LogP contribution in [-0.2, 0) is 13.6 Å². The number of anilines is 1. The minimum Gasteiger partial charge on any atom is -0.493 e. The van der Waals surface area contributed by atoms with Crippen LogP contribution in [-0.4, -0.2) is 34.5 Å². The zero-order chi connectivity index (χ0) is 20.6. The molecule has 154 valence electrons. The highest BCUT2D eigenvalue weighted by atomic mass is 31.2. The van der Waals surface area contributed by atoms with E-state index in [1.165, 1.54) is 21.3 Å². The molecule has 0 aliphatic rings. The van der Waals surface area contributed by atoms with Gasteiger partial charge in [0.15, 0.2) is 17.3 Å². The summed E-state index contributed by atoms with van der Waals surface area (Å²) in [6, 6.07) is 12.9. The lowest BCUT2D eigenvalue weighted by atomic mass is 10.1. The third kappa shape index (κ3) is 4.98. The van der Waals surface area contributed by atoms with E-state index in [2.05, 4.69) is 5.32 Å². The van der Waals surface area contributed by atoms with Gasteiger partial charge in [-0.3, -0.25) is 4.57 Å². The van der Waals surface area contributed by atoms with Crippen molar-refractivity contribution in [3.05, 3.63) is 48.0 Å². The van der Waals surface area contributed by atoms with E-state index >= 15 is 0 Å². The SMILES string of the molecule is CCOP(=O)(OCC)[C@H](Nc1ccccc1)c1cc(OC)c(OC)c(OC)c1. The fourth-order valence-electron chi connectivity index (χ4n) is 2.84. The fourth-order valence-corrected chi connectivity index (χ4v) is 4.76. The highest BCUT2D eigenvalue weighted by Crippen LogP contribution is 2.61. The summed E-state index contributed by atoms with van der Waals surface area (Å²) in [5.74, 6) is 0.589. The summed E-state index contributed by atoms with van der Waals surface area (Å²) in [6.45, 7) is 4.05. The van der Waals surface area contributed by atoms with Gasteiger partial charge in [0.1, 0.15) is 0 Å². The molecule has 0 saturated heterocycles. The quantitative estimate of drug-likeness (QED) is 0.518. The van der Waals surface area contributed by atoms with E-state index in [-0.39, 0.29) is 13.2 Å². The lowest BCUT2D eigenvalue weighted by Crippen LogP contribution is -2.16. The van der Waals surface area contributed by atoms with Gasteiger partial charge in [-0.05, 0) is 43.7 Å². The van der Waals surface area contributed by atoms with Gasteiger partial charge in [-0.25, -0.2) is 0 Å². The van der Waals surface area contributed by atoms with Crippen molar-refractivity contribution in [1.82, 2.24) is 0 Å². The Kier molecular flexibility index (Phi) is 8.18. The molecule has 28 heavy (non-hydrogen) atoms. The molecule has 2 rings (SSSR count). The molecule has 8 heteroatoms. The number of ether oxygens (including phenoxy) is 3. The highest BCUT2D eigenvalue weighted by Gasteiger charge is 2.38. The Morgan fingerprint density at radius 3 is 1.86 bits per heavy atom. The average molecular weight is 409 g/mol. The fraction of sp³-hybridized carbons (Fsp3) is 0.400. The van der Waals surface area contributed by atoms with E-state index in [1.54, 1.807) is 26.0 Å². The van der Waals surface area contributed by atoms with Crippen molar-refractivity contribution in [1.29, 1.82) is 0 Å². The zero-order valence-electron chi connectivity index (χ0n) is 16.9. The molecule has 2 aromatic carbocycles. The average Bonchev–Trinajstić information content (AvgIpc) is 2.71. The first-order chi connectivity index (χ1) is 13.5. The van der Waals surface area contributed by atoms with E-state index in [4.69, 9.17) is 23.3 Å². The van der Waals surface area contributed by atoms with Crippen LogP contribution in [0, 0.1) is 0 Å². The second kappa shape index (κ2) is 10.4. The van der Waals surface area contributed by atoms with Gasteiger partial charge in [-0.1, -0.05) is 18.2 Å². The Labute approximate surface area is 166 Å².